The molecule has 0 radical (unpaired) electrons. The maximum atomic E-state index is 3.88. The van der Waals surface area contributed by atoms with Crippen LogP contribution in [0.15, 0.2) is 121 Å². The predicted octanol–water partition coefficient (Wildman–Crippen LogP) is 13.2. The van der Waals surface area contributed by atoms with Crippen LogP contribution in [0.4, 0.5) is 0 Å². The monoisotopic (exact) mass is 774 g/mol. The zero-order valence-corrected chi connectivity index (χ0v) is 34.9. The maximum absolute atomic E-state index is 3.88. The van der Waals surface area contributed by atoms with Crippen molar-refractivity contribution in [3.05, 3.63) is 167 Å². The second-order valence-electron chi connectivity index (χ2n) is 14.9. The van der Waals surface area contributed by atoms with Gasteiger partial charge in [0, 0.05) is 0 Å². The van der Waals surface area contributed by atoms with Crippen LogP contribution in [-0.4, -0.2) is 3.21 Å². The first-order valence-electron chi connectivity index (χ1n) is 17.0. The molecule has 0 bridgehead atoms. The fraction of sp³-hybridized carbons (Fsp3) is 0.255. The zero-order valence-electron chi connectivity index (χ0n) is 30.8. The van der Waals surface area contributed by atoms with Crippen LogP contribution in [0.1, 0.15) is 88.3 Å². The molecule has 0 aliphatic heterocycles. The van der Waals surface area contributed by atoms with Crippen molar-refractivity contribution >= 4 is 28.0 Å². The number of fused-ring (bicyclic) bond motifs is 3. The standard InChI is InChI=1S/C33H33.C9H10.C5H5.2ClH.Zr/c1-32(2,3)30-20-26-24(18-28(30)22-13-9-7-10-14-22)17-25-19-29(23-15-11-8-12-16-23)31(21-27(25)26)33(4,5)6;1-3-9-6-4-8(2)5-7-9;1-2-4-5-3-1;;;/h7-16,18,20-21H,17H2,1-6H3;4-7H,1-2H3;1-3H,4H2;2*1H;/q-1;;-1;;;+2. The molecule has 0 unspecified atom stereocenters. The number of rotatable bonds is 3. The molecule has 0 fully saturated rings. The summed E-state index contributed by atoms with van der Waals surface area (Å²) in [4.78, 5) is 0. The molecule has 0 atom stereocenters. The van der Waals surface area contributed by atoms with E-state index in [0.29, 0.717) is 0 Å². The van der Waals surface area contributed by atoms with Gasteiger partial charge in [-0.05, 0) is 39.5 Å². The Kier molecular flexibility index (Phi) is 14.8. The van der Waals surface area contributed by atoms with Gasteiger partial charge in [0.05, 0.1) is 0 Å². The van der Waals surface area contributed by atoms with Crippen LogP contribution in [0.3, 0.4) is 0 Å². The molecule has 2 aliphatic rings. The van der Waals surface area contributed by atoms with Crippen LogP contribution >= 0.6 is 24.8 Å². The van der Waals surface area contributed by atoms with E-state index < -0.39 is 0 Å². The van der Waals surface area contributed by atoms with Gasteiger partial charge < -0.3 is 0 Å². The van der Waals surface area contributed by atoms with E-state index in [4.69, 9.17) is 0 Å². The molecule has 0 saturated heterocycles. The molecule has 0 amide bonds. The van der Waals surface area contributed by atoms with Crippen LogP contribution in [0.5, 0.6) is 0 Å². The molecule has 7 rings (SSSR count). The zero-order chi connectivity index (χ0) is 34.5. The molecule has 0 nitrogen and oxygen atoms in total. The minimum Gasteiger partial charge on any atom is -0.273 e. The molecular weight excluding hydrogens is 727 g/mol. The number of benzene rings is 5. The van der Waals surface area contributed by atoms with Gasteiger partial charge in [-0.3, -0.25) is 6.08 Å². The Labute approximate surface area is 329 Å². The number of hydrogen-bond donors (Lipinski definition) is 0. The molecule has 0 N–H and O–H groups in total. The van der Waals surface area contributed by atoms with E-state index in [-0.39, 0.29) is 35.6 Å². The molecule has 0 spiro atoms. The third-order valence-electron chi connectivity index (χ3n) is 8.89. The average molecular weight is 777 g/mol. The summed E-state index contributed by atoms with van der Waals surface area (Å²) in [5, 5.41) is 0. The van der Waals surface area contributed by atoms with Crippen molar-refractivity contribution < 1.29 is 24.2 Å². The Balaban J connectivity index is 0.000000330. The van der Waals surface area contributed by atoms with E-state index in [9.17, 15) is 0 Å². The van der Waals surface area contributed by atoms with Gasteiger partial charge in [-0.25, -0.2) is 12.2 Å². The minimum absolute atomic E-state index is 0. The molecule has 5 aromatic rings. The Morgan fingerprint density at radius 3 is 1.70 bits per heavy atom. The van der Waals surface area contributed by atoms with Gasteiger partial charge in [-0.2, -0.15) is 6.08 Å². The molecule has 2 aliphatic carbocycles. The number of halogens is 2. The summed E-state index contributed by atoms with van der Waals surface area (Å²) in [6.07, 6.45) is 10.9. The average Bonchev–Trinajstić information content (AvgIpc) is 3.76. The van der Waals surface area contributed by atoms with Crippen molar-refractivity contribution in [1.29, 1.82) is 0 Å². The summed E-state index contributed by atoms with van der Waals surface area (Å²) < 4.78 is 1.46. The van der Waals surface area contributed by atoms with E-state index >= 15 is 0 Å². The van der Waals surface area contributed by atoms with E-state index in [1.807, 2.05) is 12.2 Å². The minimum atomic E-state index is 0. The topological polar surface area (TPSA) is 0 Å². The first kappa shape index (κ1) is 41.3. The summed E-state index contributed by atoms with van der Waals surface area (Å²) in [6.45, 7) is 18.2. The third-order valence-corrected chi connectivity index (χ3v) is 9.60. The van der Waals surface area contributed by atoms with Crippen molar-refractivity contribution in [1.82, 2.24) is 0 Å². The molecule has 5 aromatic carbocycles. The first-order valence-corrected chi connectivity index (χ1v) is 18.3. The second-order valence-corrected chi connectivity index (χ2v) is 16.8. The molecular formula is C47H50Cl2Zr. The summed E-state index contributed by atoms with van der Waals surface area (Å²) in [6, 6.07) is 41.5. The predicted molar refractivity (Wildman–Crippen MR) is 219 cm³/mol. The number of allylic oxidation sites excluding steroid dienone is 4. The van der Waals surface area contributed by atoms with Crippen molar-refractivity contribution in [2.24, 2.45) is 0 Å². The van der Waals surface area contributed by atoms with E-state index in [2.05, 4.69) is 177 Å². The Morgan fingerprint density at radius 1 is 0.660 bits per heavy atom. The third kappa shape index (κ3) is 10.3. The Hall–Kier alpha value is -3.09. The SMILES string of the molecule is CC(C)(C)c1cc2c([c-]c1-c1ccccc1)Cc1cc(-c3ccccc3)c(C(C)(C)C)cc1-2.C[C](=[Zr+2])c1ccc(C)cc1.Cl.Cl.[C-]1=CC=CC1. The maximum Gasteiger partial charge on any atom is -0.109 e. The smallest absolute Gasteiger partial charge is 0.109 e. The fourth-order valence-electron chi connectivity index (χ4n) is 6.25. The normalized spacial score (nSPS) is 12.3. The first-order chi connectivity index (χ1) is 22.8. The van der Waals surface area contributed by atoms with Gasteiger partial charge in [0.1, 0.15) is 0 Å². The van der Waals surface area contributed by atoms with Gasteiger partial charge >= 0.3 is 76.7 Å². The van der Waals surface area contributed by atoms with Crippen molar-refractivity contribution in [2.45, 2.75) is 79.1 Å². The van der Waals surface area contributed by atoms with Gasteiger partial charge in [0.25, 0.3) is 0 Å². The van der Waals surface area contributed by atoms with E-state index in [0.717, 1.165) is 12.8 Å². The van der Waals surface area contributed by atoms with E-state index in [1.165, 1.54) is 94.2 Å². The van der Waals surface area contributed by atoms with Gasteiger partial charge in [0.2, 0.25) is 0 Å². The Morgan fingerprint density at radius 2 is 1.22 bits per heavy atom. The van der Waals surface area contributed by atoms with Crippen molar-refractivity contribution in [2.75, 3.05) is 0 Å². The number of hydrogen-bond acceptors (Lipinski definition) is 0. The van der Waals surface area contributed by atoms with Crippen LogP contribution in [-0.2, 0) is 41.5 Å². The summed E-state index contributed by atoms with van der Waals surface area (Å²) >= 11 is 1.51. The summed E-state index contributed by atoms with van der Waals surface area (Å²) in [7, 11) is 0. The van der Waals surface area contributed by atoms with Crippen LogP contribution in [0.2, 0.25) is 0 Å². The second kappa shape index (κ2) is 17.9. The van der Waals surface area contributed by atoms with Crippen LogP contribution in [0, 0.1) is 19.1 Å². The van der Waals surface area contributed by atoms with Gasteiger partial charge in [0.15, 0.2) is 0 Å². The molecule has 50 heavy (non-hydrogen) atoms. The van der Waals surface area contributed by atoms with Gasteiger partial charge in [-0.15, -0.1) is 60.1 Å². The molecule has 256 valence electrons. The van der Waals surface area contributed by atoms with Crippen LogP contribution < -0.4 is 0 Å². The largest absolute Gasteiger partial charge is 0.273 e. The quantitative estimate of drug-likeness (QED) is 0.157. The van der Waals surface area contributed by atoms with Crippen molar-refractivity contribution in [3.63, 3.8) is 0 Å². The van der Waals surface area contributed by atoms with Gasteiger partial charge in [-0.1, -0.05) is 131 Å². The van der Waals surface area contributed by atoms with Crippen molar-refractivity contribution in [3.8, 4) is 33.4 Å². The fourth-order valence-corrected chi connectivity index (χ4v) is 6.66. The van der Waals surface area contributed by atoms with Crippen LogP contribution in [0.25, 0.3) is 33.4 Å². The number of aryl methyl sites for hydroxylation is 1. The molecule has 3 heteroatoms. The molecule has 0 heterocycles. The summed E-state index contributed by atoms with van der Waals surface area (Å²) in [5.74, 6) is 0. The Bertz CT molecular complexity index is 1820. The van der Waals surface area contributed by atoms with E-state index in [1.54, 1.807) is 0 Å². The molecule has 0 saturated carbocycles. The molecule has 0 aromatic heterocycles. The summed E-state index contributed by atoms with van der Waals surface area (Å²) in [5.41, 5.74) is 16.2.